The molecule has 114 valence electrons. The molecule has 2 aromatic carbocycles. The molecule has 0 aliphatic rings. The molecule has 1 atom stereocenters. The summed E-state index contributed by atoms with van der Waals surface area (Å²) in [5.41, 5.74) is 2.30. The van der Waals surface area contributed by atoms with Crippen LogP contribution in [0, 0.1) is 10.1 Å². The van der Waals surface area contributed by atoms with Crippen molar-refractivity contribution < 1.29 is 14.8 Å². The first-order chi connectivity index (χ1) is 10.5. The number of nitrogens with zero attached hydrogens (tertiary/aromatic N) is 1. The van der Waals surface area contributed by atoms with Gasteiger partial charge in [0, 0.05) is 6.07 Å². The zero-order valence-electron chi connectivity index (χ0n) is 11.6. The normalized spacial score (nSPS) is 11.9. The molecule has 1 N–H and O–H groups in total. The predicted octanol–water partition coefficient (Wildman–Crippen LogP) is 3.89. The number of carboxylic acids is 1. The van der Waals surface area contributed by atoms with Gasteiger partial charge in [0.25, 0.3) is 5.69 Å². The number of nitro groups is 1. The predicted molar refractivity (Wildman–Crippen MR) is 84.1 cm³/mol. The van der Waals surface area contributed by atoms with Gasteiger partial charge in [-0.3, -0.25) is 14.9 Å². The number of hydrogen-bond acceptors (Lipinski definition) is 3. The Morgan fingerprint density at radius 1 is 1.18 bits per heavy atom. The van der Waals surface area contributed by atoms with Gasteiger partial charge in [0.15, 0.2) is 0 Å². The Bertz CT molecular complexity index is 685. The lowest BCUT2D eigenvalue weighted by Gasteiger charge is -2.06. The number of carbonyl (C=O) groups is 1. The van der Waals surface area contributed by atoms with Crippen LogP contribution in [0.5, 0.6) is 0 Å². The van der Waals surface area contributed by atoms with Gasteiger partial charge in [0.1, 0.15) is 5.38 Å². The topological polar surface area (TPSA) is 80.4 Å². The SMILES string of the molecule is O=C(O)C(Cl)CCc1ccc(-c2ccccc2[N+](=O)[O-])cc1. The smallest absolute Gasteiger partial charge is 0.321 e. The van der Waals surface area contributed by atoms with Gasteiger partial charge in [0.2, 0.25) is 0 Å². The van der Waals surface area contributed by atoms with E-state index in [-0.39, 0.29) is 5.69 Å². The van der Waals surface area contributed by atoms with Crippen molar-refractivity contribution in [3.05, 3.63) is 64.2 Å². The van der Waals surface area contributed by atoms with Crippen LogP contribution >= 0.6 is 11.6 Å². The Labute approximate surface area is 132 Å². The molecule has 0 aliphatic carbocycles. The molecular weight excluding hydrogens is 306 g/mol. The van der Waals surface area contributed by atoms with Gasteiger partial charge in [-0.1, -0.05) is 36.4 Å². The number of aryl methyl sites for hydroxylation is 1. The molecule has 2 aromatic rings. The quantitative estimate of drug-likeness (QED) is 0.497. The van der Waals surface area contributed by atoms with Crippen molar-refractivity contribution in [2.75, 3.05) is 0 Å². The van der Waals surface area contributed by atoms with Crippen LogP contribution in [0.25, 0.3) is 11.1 Å². The molecule has 0 fully saturated rings. The van der Waals surface area contributed by atoms with Crippen molar-refractivity contribution in [1.82, 2.24) is 0 Å². The van der Waals surface area contributed by atoms with E-state index in [1.54, 1.807) is 30.3 Å². The number of rotatable bonds is 6. The van der Waals surface area contributed by atoms with Gasteiger partial charge in [-0.2, -0.15) is 0 Å². The molecule has 0 heterocycles. The molecule has 0 aromatic heterocycles. The van der Waals surface area contributed by atoms with Crippen LogP contribution in [-0.2, 0) is 11.2 Å². The molecule has 0 spiro atoms. The average molecular weight is 320 g/mol. The molecular formula is C16H14ClNO4. The summed E-state index contributed by atoms with van der Waals surface area (Å²) in [5, 5.41) is 18.9. The van der Waals surface area contributed by atoms with Crippen LogP contribution in [0.3, 0.4) is 0 Å². The van der Waals surface area contributed by atoms with Crippen LogP contribution in [-0.4, -0.2) is 21.4 Å². The molecule has 5 nitrogen and oxygen atoms in total. The van der Waals surface area contributed by atoms with Crippen molar-refractivity contribution in [1.29, 1.82) is 0 Å². The number of aliphatic carboxylic acids is 1. The van der Waals surface area contributed by atoms with E-state index in [2.05, 4.69) is 0 Å². The van der Waals surface area contributed by atoms with Crippen molar-refractivity contribution >= 4 is 23.3 Å². The monoisotopic (exact) mass is 319 g/mol. The second kappa shape index (κ2) is 7.04. The van der Waals surface area contributed by atoms with E-state index >= 15 is 0 Å². The van der Waals surface area contributed by atoms with Crippen LogP contribution < -0.4 is 0 Å². The molecule has 0 amide bonds. The van der Waals surface area contributed by atoms with Crippen molar-refractivity contribution in [2.24, 2.45) is 0 Å². The summed E-state index contributed by atoms with van der Waals surface area (Å²) in [5.74, 6) is -1.03. The molecule has 6 heteroatoms. The minimum atomic E-state index is -1.03. The van der Waals surface area contributed by atoms with Gasteiger partial charge >= 0.3 is 5.97 Å². The minimum Gasteiger partial charge on any atom is -0.480 e. The fraction of sp³-hybridized carbons (Fsp3) is 0.188. The van der Waals surface area contributed by atoms with E-state index in [9.17, 15) is 14.9 Å². The molecule has 0 saturated heterocycles. The summed E-state index contributed by atoms with van der Waals surface area (Å²) in [4.78, 5) is 21.3. The van der Waals surface area contributed by atoms with Crippen LogP contribution in [0.4, 0.5) is 5.69 Å². The Hall–Kier alpha value is -2.40. The zero-order chi connectivity index (χ0) is 16.1. The third-order valence-corrected chi connectivity index (χ3v) is 3.72. The molecule has 0 saturated carbocycles. The highest BCUT2D eigenvalue weighted by molar-refractivity contribution is 6.29. The molecule has 22 heavy (non-hydrogen) atoms. The Morgan fingerprint density at radius 3 is 2.41 bits per heavy atom. The fourth-order valence-corrected chi connectivity index (χ4v) is 2.25. The first-order valence-corrected chi connectivity index (χ1v) is 7.12. The van der Waals surface area contributed by atoms with E-state index in [0.29, 0.717) is 18.4 Å². The minimum absolute atomic E-state index is 0.0574. The lowest BCUT2D eigenvalue weighted by Crippen LogP contribution is -2.13. The lowest BCUT2D eigenvalue weighted by molar-refractivity contribution is -0.384. The van der Waals surface area contributed by atoms with Crippen LogP contribution in [0.1, 0.15) is 12.0 Å². The second-order valence-electron chi connectivity index (χ2n) is 4.82. The van der Waals surface area contributed by atoms with Gasteiger partial charge in [-0.15, -0.1) is 11.6 Å². The van der Waals surface area contributed by atoms with Gasteiger partial charge in [-0.05, 0) is 30.0 Å². The molecule has 0 aliphatic heterocycles. The van der Waals surface area contributed by atoms with Crippen molar-refractivity contribution in [3.63, 3.8) is 0 Å². The van der Waals surface area contributed by atoms with Crippen molar-refractivity contribution in [3.8, 4) is 11.1 Å². The van der Waals surface area contributed by atoms with E-state index in [1.165, 1.54) is 6.07 Å². The zero-order valence-corrected chi connectivity index (χ0v) is 12.4. The van der Waals surface area contributed by atoms with Gasteiger partial charge in [-0.25, -0.2) is 0 Å². The molecule has 1 unspecified atom stereocenters. The molecule has 0 bridgehead atoms. The summed E-state index contributed by atoms with van der Waals surface area (Å²) in [6.45, 7) is 0. The van der Waals surface area contributed by atoms with Crippen molar-refractivity contribution in [2.45, 2.75) is 18.2 Å². The van der Waals surface area contributed by atoms with Crippen LogP contribution in [0.2, 0.25) is 0 Å². The molecule has 2 rings (SSSR count). The lowest BCUT2D eigenvalue weighted by atomic mass is 10.0. The first-order valence-electron chi connectivity index (χ1n) is 6.68. The maximum absolute atomic E-state index is 11.0. The van der Waals surface area contributed by atoms with Gasteiger partial charge < -0.3 is 5.11 Å². The standard InChI is InChI=1S/C16H14ClNO4/c17-14(16(19)20)10-7-11-5-8-12(9-6-11)13-3-1-2-4-15(13)18(21)22/h1-6,8-9,14H,7,10H2,(H,19,20). The summed E-state index contributed by atoms with van der Waals surface area (Å²) in [7, 11) is 0. The van der Waals surface area contributed by atoms with Gasteiger partial charge in [0.05, 0.1) is 10.5 Å². The third-order valence-electron chi connectivity index (χ3n) is 3.32. The highest BCUT2D eigenvalue weighted by Crippen LogP contribution is 2.29. The summed E-state index contributed by atoms with van der Waals surface area (Å²) in [6.07, 6.45) is 0.874. The Kier molecular flexibility index (Phi) is 5.12. The number of para-hydroxylation sites is 1. The van der Waals surface area contributed by atoms with E-state index in [1.807, 2.05) is 12.1 Å². The Balaban J connectivity index is 2.16. The number of hydrogen-bond donors (Lipinski definition) is 1. The summed E-state index contributed by atoms with van der Waals surface area (Å²) in [6, 6.07) is 13.8. The Morgan fingerprint density at radius 2 is 1.82 bits per heavy atom. The third kappa shape index (κ3) is 3.83. The maximum Gasteiger partial charge on any atom is 0.321 e. The first kappa shape index (κ1) is 16.0. The summed E-state index contributed by atoms with van der Waals surface area (Å²) >= 11 is 5.67. The van der Waals surface area contributed by atoms with E-state index in [0.717, 1.165) is 11.1 Å². The fourth-order valence-electron chi connectivity index (χ4n) is 2.14. The molecule has 0 radical (unpaired) electrons. The highest BCUT2D eigenvalue weighted by Gasteiger charge is 2.15. The second-order valence-corrected chi connectivity index (χ2v) is 5.34. The number of halogens is 1. The highest BCUT2D eigenvalue weighted by atomic mass is 35.5. The summed E-state index contributed by atoms with van der Waals surface area (Å²) < 4.78 is 0. The largest absolute Gasteiger partial charge is 0.480 e. The number of nitro benzene ring substituents is 1. The number of alkyl halides is 1. The maximum atomic E-state index is 11.0. The number of carboxylic acid groups (broad SMARTS) is 1. The van der Waals surface area contributed by atoms with E-state index < -0.39 is 16.3 Å². The average Bonchev–Trinajstić information content (AvgIpc) is 2.53. The number of benzene rings is 2. The van der Waals surface area contributed by atoms with E-state index in [4.69, 9.17) is 16.7 Å². The van der Waals surface area contributed by atoms with Crippen LogP contribution in [0.15, 0.2) is 48.5 Å².